The van der Waals surface area contributed by atoms with Gasteiger partial charge in [-0.25, -0.2) is 18.2 Å². The molecule has 6 nitrogen and oxygen atoms in total. The minimum Gasteiger partial charge on any atom is -0.508 e. The minimum atomic E-state index is -1.03. The van der Waals surface area contributed by atoms with Gasteiger partial charge in [-0.1, -0.05) is 43.8 Å². The Hall–Kier alpha value is -4.63. The summed E-state index contributed by atoms with van der Waals surface area (Å²) in [5.41, 5.74) is 2.84. The summed E-state index contributed by atoms with van der Waals surface area (Å²) in [6.07, 6.45) is 1.72. The molecular formula is C35H33F3N4O2. The van der Waals surface area contributed by atoms with E-state index in [-0.39, 0.29) is 48.1 Å². The number of hydrogen-bond donors (Lipinski definition) is 2. The lowest BCUT2D eigenvalue weighted by atomic mass is 9.88. The van der Waals surface area contributed by atoms with Gasteiger partial charge in [-0.15, -0.1) is 0 Å². The first-order valence-corrected chi connectivity index (χ1v) is 14.3. The molecule has 44 heavy (non-hydrogen) atoms. The van der Waals surface area contributed by atoms with Crippen LogP contribution in [0.1, 0.15) is 65.1 Å². The number of phenols is 1. The normalized spacial score (nSPS) is 16.3. The van der Waals surface area contributed by atoms with E-state index in [1.807, 2.05) is 18.2 Å². The largest absolute Gasteiger partial charge is 0.508 e. The maximum Gasteiger partial charge on any atom is 0.258 e. The van der Waals surface area contributed by atoms with Gasteiger partial charge in [-0.3, -0.25) is 4.79 Å². The SMILES string of the molecule is C.CN1CCC(c2ccc(-c3ccc4c(c3F)C(=O)N(C(c3nc5ccccc5[nH]3)c3cc(F)ccc3O)C4)cc2F)CC1. The van der Waals surface area contributed by atoms with E-state index in [0.29, 0.717) is 33.5 Å². The molecule has 2 aliphatic rings. The van der Waals surface area contributed by atoms with Gasteiger partial charge in [-0.2, -0.15) is 0 Å². The molecule has 1 unspecified atom stereocenters. The summed E-state index contributed by atoms with van der Waals surface area (Å²) in [5.74, 6) is -2.18. The predicted molar refractivity (Wildman–Crippen MR) is 164 cm³/mol. The number of halogens is 3. The maximum absolute atomic E-state index is 16.2. The highest BCUT2D eigenvalue weighted by Gasteiger charge is 2.40. The van der Waals surface area contributed by atoms with Crippen LogP contribution in [0.5, 0.6) is 5.75 Å². The number of amides is 1. The number of benzene rings is 4. The van der Waals surface area contributed by atoms with Crippen LogP contribution in [-0.2, 0) is 6.54 Å². The average Bonchev–Trinajstić information content (AvgIpc) is 3.57. The zero-order chi connectivity index (χ0) is 29.8. The molecule has 2 N–H and O–H groups in total. The number of carbonyl (C=O) groups is 1. The van der Waals surface area contributed by atoms with Crippen molar-refractivity contribution in [1.29, 1.82) is 0 Å². The Labute approximate surface area is 253 Å². The van der Waals surface area contributed by atoms with Crippen molar-refractivity contribution < 1.29 is 23.1 Å². The number of fused-ring (bicyclic) bond motifs is 2. The van der Waals surface area contributed by atoms with Gasteiger partial charge >= 0.3 is 0 Å². The summed E-state index contributed by atoms with van der Waals surface area (Å²) >= 11 is 0. The molecule has 0 radical (unpaired) electrons. The molecule has 0 aliphatic carbocycles. The Morgan fingerprint density at radius 1 is 0.977 bits per heavy atom. The molecule has 0 bridgehead atoms. The van der Waals surface area contributed by atoms with Crippen LogP contribution in [-0.4, -0.2) is 50.9 Å². The molecule has 2 aliphatic heterocycles. The van der Waals surface area contributed by atoms with Gasteiger partial charge in [0.2, 0.25) is 0 Å². The van der Waals surface area contributed by atoms with Gasteiger partial charge in [0.05, 0.1) is 16.6 Å². The highest BCUT2D eigenvalue weighted by atomic mass is 19.1. The Kier molecular flexibility index (Phi) is 7.67. The highest BCUT2D eigenvalue weighted by Crippen LogP contribution is 2.41. The number of carbonyl (C=O) groups excluding carboxylic acids is 1. The molecule has 5 aromatic rings. The van der Waals surface area contributed by atoms with Crippen molar-refractivity contribution in [3.8, 4) is 16.9 Å². The molecule has 9 heteroatoms. The molecular weight excluding hydrogens is 565 g/mol. The van der Waals surface area contributed by atoms with Crippen LogP contribution in [0.2, 0.25) is 0 Å². The van der Waals surface area contributed by atoms with Gasteiger partial charge in [-0.05, 0) is 92.0 Å². The number of hydrogen-bond acceptors (Lipinski definition) is 4. The van der Waals surface area contributed by atoms with Crippen LogP contribution >= 0.6 is 0 Å². The maximum atomic E-state index is 16.2. The van der Waals surface area contributed by atoms with Crippen molar-refractivity contribution >= 4 is 16.9 Å². The van der Waals surface area contributed by atoms with Crippen molar-refractivity contribution in [3.05, 3.63) is 118 Å². The van der Waals surface area contributed by atoms with E-state index in [4.69, 9.17) is 0 Å². The van der Waals surface area contributed by atoms with Crippen molar-refractivity contribution in [2.45, 2.75) is 38.8 Å². The molecule has 1 amide bonds. The van der Waals surface area contributed by atoms with E-state index in [1.54, 1.807) is 30.3 Å². The van der Waals surface area contributed by atoms with E-state index in [0.717, 1.165) is 38.1 Å². The van der Waals surface area contributed by atoms with E-state index < -0.39 is 23.6 Å². The number of H-pyrrole nitrogens is 1. The van der Waals surface area contributed by atoms with E-state index >= 15 is 8.78 Å². The van der Waals surface area contributed by atoms with Crippen LogP contribution in [0.25, 0.3) is 22.2 Å². The monoisotopic (exact) mass is 598 g/mol. The number of likely N-dealkylation sites (tertiary alicyclic amines) is 1. The molecule has 1 saturated heterocycles. The van der Waals surface area contributed by atoms with E-state index in [9.17, 15) is 14.3 Å². The third-order valence-electron chi connectivity index (χ3n) is 8.78. The van der Waals surface area contributed by atoms with Crippen LogP contribution in [0.4, 0.5) is 13.2 Å². The second-order valence-electron chi connectivity index (χ2n) is 11.5. The first-order chi connectivity index (χ1) is 20.8. The zero-order valence-electron chi connectivity index (χ0n) is 23.4. The number of rotatable bonds is 5. The molecule has 4 aromatic carbocycles. The van der Waals surface area contributed by atoms with Crippen molar-refractivity contribution in [2.24, 2.45) is 0 Å². The number of para-hydroxylation sites is 2. The number of nitrogens with zero attached hydrogens (tertiary/aromatic N) is 3. The smallest absolute Gasteiger partial charge is 0.258 e. The fraction of sp³-hybridized carbons (Fsp3) is 0.257. The van der Waals surface area contributed by atoms with Crippen molar-refractivity contribution in [2.75, 3.05) is 20.1 Å². The van der Waals surface area contributed by atoms with Gasteiger partial charge in [0, 0.05) is 17.7 Å². The van der Waals surface area contributed by atoms with Crippen molar-refractivity contribution in [1.82, 2.24) is 19.8 Å². The lowest BCUT2D eigenvalue weighted by molar-refractivity contribution is 0.0720. The Bertz CT molecular complexity index is 1850. The molecule has 7 rings (SSSR count). The lowest BCUT2D eigenvalue weighted by Gasteiger charge is -2.29. The minimum absolute atomic E-state index is 0. The lowest BCUT2D eigenvalue weighted by Crippen LogP contribution is -2.31. The zero-order valence-corrected chi connectivity index (χ0v) is 23.4. The second-order valence-corrected chi connectivity index (χ2v) is 11.5. The van der Waals surface area contributed by atoms with Gasteiger partial charge in [0.1, 0.15) is 35.1 Å². The summed E-state index contributed by atoms with van der Waals surface area (Å²) in [4.78, 5) is 25.3. The van der Waals surface area contributed by atoms with Crippen LogP contribution < -0.4 is 0 Å². The second kappa shape index (κ2) is 11.5. The summed E-state index contributed by atoms with van der Waals surface area (Å²) < 4.78 is 45.9. The molecule has 1 aromatic heterocycles. The Morgan fingerprint density at radius 3 is 2.50 bits per heavy atom. The quantitative estimate of drug-likeness (QED) is 0.219. The van der Waals surface area contributed by atoms with Crippen LogP contribution in [0.3, 0.4) is 0 Å². The van der Waals surface area contributed by atoms with Gasteiger partial charge in [0.25, 0.3) is 5.91 Å². The number of imidazole rings is 1. The highest BCUT2D eigenvalue weighted by molar-refractivity contribution is 6.00. The number of aromatic nitrogens is 2. The summed E-state index contributed by atoms with van der Waals surface area (Å²) in [7, 11) is 2.05. The first kappa shape index (κ1) is 29.4. The van der Waals surface area contributed by atoms with Crippen LogP contribution in [0, 0.1) is 17.5 Å². The van der Waals surface area contributed by atoms with E-state index in [1.165, 1.54) is 17.0 Å². The molecule has 3 heterocycles. The molecule has 1 fully saturated rings. The third-order valence-corrected chi connectivity index (χ3v) is 8.78. The van der Waals surface area contributed by atoms with Crippen molar-refractivity contribution in [3.63, 3.8) is 0 Å². The average molecular weight is 599 g/mol. The number of aromatic hydroxyl groups is 1. The number of aromatic amines is 1. The summed E-state index contributed by atoms with van der Waals surface area (Å²) in [6.45, 7) is 1.80. The first-order valence-electron chi connectivity index (χ1n) is 14.3. The fourth-order valence-electron chi connectivity index (χ4n) is 6.46. The van der Waals surface area contributed by atoms with Gasteiger partial charge < -0.3 is 19.9 Å². The van der Waals surface area contributed by atoms with Crippen LogP contribution in [0.15, 0.2) is 72.8 Å². The standard InChI is InChI=1S/C34H29F3N4O2.CH4/c1-40-14-12-19(13-15-40)23-9-6-20(16-26(23)36)24-10-7-21-18-41(34(43)30(21)31(24)37)32(25-17-22(35)8-11-29(25)42)33-38-27-4-2-3-5-28(27)39-33;/h2-11,16-17,19,32,42H,12-15,18H2,1H3,(H,38,39);1H4. The number of phenolic OH excluding ortho intramolecular Hbond substituents is 1. The predicted octanol–water partition coefficient (Wildman–Crippen LogP) is 7.54. The molecule has 0 spiro atoms. The third kappa shape index (κ3) is 5.01. The topological polar surface area (TPSA) is 72.5 Å². The van der Waals surface area contributed by atoms with Gasteiger partial charge in [0.15, 0.2) is 0 Å². The Morgan fingerprint density at radius 2 is 1.75 bits per heavy atom. The fourth-order valence-corrected chi connectivity index (χ4v) is 6.46. The number of piperidine rings is 1. The molecule has 226 valence electrons. The number of nitrogens with one attached hydrogen (secondary N) is 1. The summed E-state index contributed by atoms with van der Waals surface area (Å²) in [6, 6.07) is 17.7. The summed E-state index contributed by atoms with van der Waals surface area (Å²) in [5, 5.41) is 10.7. The van der Waals surface area contributed by atoms with E-state index in [2.05, 4.69) is 21.9 Å². The molecule has 0 saturated carbocycles. The molecule has 1 atom stereocenters. The Balaban J connectivity index is 0.00000343.